The fourth-order valence-corrected chi connectivity index (χ4v) is 3.90. The van der Waals surface area contributed by atoms with Crippen molar-refractivity contribution in [1.29, 1.82) is 0 Å². The summed E-state index contributed by atoms with van der Waals surface area (Å²) in [7, 11) is 0. The number of hydrogen-bond acceptors (Lipinski definition) is 4. The van der Waals surface area contributed by atoms with Crippen LogP contribution >= 0.6 is 11.3 Å². The summed E-state index contributed by atoms with van der Waals surface area (Å²) in [5.41, 5.74) is 0.646. The molecule has 1 aromatic carbocycles. The molecule has 2 amide bonds. The molecule has 0 spiro atoms. The first-order chi connectivity index (χ1) is 13.3. The topological polar surface area (TPSA) is 66.7 Å². The van der Waals surface area contributed by atoms with Crippen LogP contribution in [-0.4, -0.2) is 45.7 Å². The summed E-state index contributed by atoms with van der Waals surface area (Å²) in [4.78, 5) is 31.0. The van der Waals surface area contributed by atoms with E-state index in [0.29, 0.717) is 41.4 Å². The second kappa shape index (κ2) is 6.93. The maximum absolute atomic E-state index is 12.9. The van der Waals surface area contributed by atoms with Gasteiger partial charge in [0.25, 0.3) is 5.91 Å². The quantitative estimate of drug-likeness (QED) is 0.709. The maximum atomic E-state index is 12.9. The van der Waals surface area contributed by atoms with E-state index in [1.54, 1.807) is 16.0 Å². The number of aromatic nitrogens is 2. The second-order valence-electron chi connectivity index (χ2n) is 6.40. The molecule has 0 atom stereocenters. The van der Waals surface area contributed by atoms with Crippen LogP contribution in [0.4, 0.5) is 13.2 Å². The lowest BCUT2D eigenvalue weighted by molar-refractivity contribution is -0.137. The molecule has 10 heteroatoms. The Morgan fingerprint density at radius 3 is 2.68 bits per heavy atom. The third-order valence-corrected chi connectivity index (χ3v) is 5.32. The fourth-order valence-electron chi connectivity index (χ4n) is 3.05. The van der Waals surface area contributed by atoms with Gasteiger partial charge in [-0.15, -0.1) is 11.3 Å². The lowest BCUT2D eigenvalue weighted by Crippen LogP contribution is -2.37. The summed E-state index contributed by atoms with van der Waals surface area (Å²) in [5, 5.41) is 4.39. The summed E-state index contributed by atoms with van der Waals surface area (Å²) < 4.78 is 39.8. The SMILES string of the molecule is O=C1CN(C(=O)c2csc3nc(-c4ccc(C(F)(F)F)cc4)cn23)CCCN1. The van der Waals surface area contributed by atoms with Crippen LogP contribution in [0.2, 0.25) is 0 Å². The van der Waals surface area contributed by atoms with Gasteiger partial charge in [0, 0.05) is 30.2 Å². The highest BCUT2D eigenvalue weighted by molar-refractivity contribution is 7.15. The van der Waals surface area contributed by atoms with Crippen molar-refractivity contribution in [2.75, 3.05) is 19.6 Å². The smallest absolute Gasteiger partial charge is 0.354 e. The van der Waals surface area contributed by atoms with E-state index in [1.165, 1.54) is 28.4 Å². The van der Waals surface area contributed by atoms with Crippen molar-refractivity contribution >= 4 is 28.1 Å². The Balaban J connectivity index is 1.63. The van der Waals surface area contributed by atoms with Gasteiger partial charge in [-0.05, 0) is 18.6 Å². The molecule has 0 bridgehead atoms. The Morgan fingerprint density at radius 1 is 1.21 bits per heavy atom. The number of nitrogens with zero attached hydrogens (tertiary/aromatic N) is 3. The molecule has 3 heterocycles. The number of imidazole rings is 1. The Morgan fingerprint density at radius 2 is 1.96 bits per heavy atom. The predicted octanol–water partition coefficient (Wildman–Crippen LogP) is 3.04. The van der Waals surface area contributed by atoms with E-state index in [0.717, 1.165) is 12.1 Å². The number of carbonyl (C=O) groups is 2. The minimum Gasteiger partial charge on any atom is -0.354 e. The van der Waals surface area contributed by atoms with E-state index in [1.807, 2.05) is 0 Å². The summed E-state index contributed by atoms with van der Waals surface area (Å²) >= 11 is 1.26. The highest BCUT2D eigenvalue weighted by Gasteiger charge is 2.30. The van der Waals surface area contributed by atoms with Crippen LogP contribution < -0.4 is 5.32 Å². The summed E-state index contributed by atoms with van der Waals surface area (Å²) in [6.45, 7) is 0.997. The van der Waals surface area contributed by atoms with Crippen molar-refractivity contribution in [2.24, 2.45) is 0 Å². The Bertz CT molecular complexity index is 1040. The van der Waals surface area contributed by atoms with Gasteiger partial charge in [0.2, 0.25) is 5.91 Å². The molecule has 1 aliphatic rings. The van der Waals surface area contributed by atoms with E-state index in [4.69, 9.17) is 0 Å². The zero-order valence-electron chi connectivity index (χ0n) is 14.5. The van der Waals surface area contributed by atoms with E-state index >= 15 is 0 Å². The minimum atomic E-state index is -4.40. The number of hydrogen-bond donors (Lipinski definition) is 1. The number of alkyl halides is 3. The third kappa shape index (κ3) is 3.47. The van der Waals surface area contributed by atoms with Crippen LogP contribution in [0.3, 0.4) is 0 Å². The number of carbonyl (C=O) groups excluding carboxylic acids is 2. The molecule has 1 fully saturated rings. The van der Waals surface area contributed by atoms with Gasteiger partial charge in [0.05, 0.1) is 17.8 Å². The van der Waals surface area contributed by atoms with Crippen molar-refractivity contribution in [3.8, 4) is 11.3 Å². The van der Waals surface area contributed by atoms with Crippen LogP contribution in [0.25, 0.3) is 16.2 Å². The first-order valence-electron chi connectivity index (χ1n) is 8.53. The number of rotatable bonds is 2. The van der Waals surface area contributed by atoms with Crippen molar-refractivity contribution in [1.82, 2.24) is 19.6 Å². The van der Waals surface area contributed by atoms with Gasteiger partial charge in [-0.2, -0.15) is 13.2 Å². The van der Waals surface area contributed by atoms with Crippen molar-refractivity contribution < 1.29 is 22.8 Å². The molecule has 28 heavy (non-hydrogen) atoms. The lowest BCUT2D eigenvalue weighted by Gasteiger charge is -2.18. The fraction of sp³-hybridized carbons (Fsp3) is 0.278. The number of thiazole rings is 1. The molecule has 1 N–H and O–H groups in total. The number of halogens is 3. The Hall–Kier alpha value is -2.88. The molecule has 0 unspecified atom stereocenters. The molecule has 4 rings (SSSR count). The number of benzene rings is 1. The van der Waals surface area contributed by atoms with Gasteiger partial charge >= 0.3 is 6.18 Å². The highest BCUT2D eigenvalue weighted by atomic mass is 32.1. The van der Waals surface area contributed by atoms with Crippen LogP contribution in [0.15, 0.2) is 35.8 Å². The second-order valence-corrected chi connectivity index (χ2v) is 7.24. The van der Waals surface area contributed by atoms with Crippen molar-refractivity contribution in [2.45, 2.75) is 12.6 Å². The van der Waals surface area contributed by atoms with Gasteiger partial charge in [-0.1, -0.05) is 12.1 Å². The number of fused-ring (bicyclic) bond motifs is 1. The molecule has 6 nitrogen and oxygen atoms in total. The average Bonchev–Trinajstić information content (AvgIpc) is 3.16. The molecule has 0 saturated carbocycles. The van der Waals surface area contributed by atoms with Crippen molar-refractivity contribution in [3.63, 3.8) is 0 Å². The van der Waals surface area contributed by atoms with Gasteiger partial charge in [-0.25, -0.2) is 4.98 Å². The third-order valence-electron chi connectivity index (χ3n) is 4.48. The van der Waals surface area contributed by atoms with Gasteiger partial charge < -0.3 is 10.2 Å². The highest BCUT2D eigenvalue weighted by Crippen LogP contribution is 2.31. The molecule has 0 aliphatic carbocycles. The maximum Gasteiger partial charge on any atom is 0.416 e. The molecular formula is C18H15F3N4O2S. The van der Waals surface area contributed by atoms with Gasteiger partial charge in [-0.3, -0.25) is 14.0 Å². The summed E-state index contributed by atoms with van der Waals surface area (Å²) in [6, 6.07) is 4.72. The molecule has 3 aromatic rings. The van der Waals surface area contributed by atoms with Crippen LogP contribution in [0.1, 0.15) is 22.5 Å². The Labute approximate surface area is 161 Å². The first-order valence-corrected chi connectivity index (χ1v) is 9.41. The number of amides is 2. The molecule has 1 saturated heterocycles. The van der Waals surface area contributed by atoms with Crippen LogP contribution in [0, 0.1) is 0 Å². The summed E-state index contributed by atoms with van der Waals surface area (Å²) in [5.74, 6) is -0.479. The first kappa shape index (κ1) is 18.5. The summed E-state index contributed by atoms with van der Waals surface area (Å²) in [6.07, 6.45) is -2.10. The van der Waals surface area contributed by atoms with E-state index in [-0.39, 0.29) is 18.4 Å². The monoisotopic (exact) mass is 408 g/mol. The molecule has 0 radical (unpaired) electrons. The molecule has 1 aliphatic heterocycles. The standard InChI is InChI=1S/C18H15F3N4O2S/c19-18(20,21)12-4-2-11(3-5-12)13-8-25-14(10-28-17(25)23-13)16(27)24-7-1-6-22-15(26)9-24/h2-5,8,10H,1,6-7,9H2,(H,22,26). The van der Waals surface area contributed by atoms with Crippen molar-refractivity contribution in [3.05, 3.63) is 47.1 Å². The molecule has 146 valence electrons. The van der Waals surface area contributed by atoms with Crippen LogP contribution in [-0.2, 0) is 11.0 Å². The van der Waals surface area contributed by atoms with Gasteiger partial charge in [0.15, 0.2) is 4.96 Å². The molecular weight excluding hydrogens is 393 g/mol. The van der Waals surface area contributed by atoms with E-state index < -0.39 is 11.7 Å². The van der Waals surface area contributed by atoms with E-state index in [2.05, 4.69) is 10.3 Å². The van der Waals surface area contributed by atoms with E-state index in [9.17, 15) is 22.8 Å². The minimum absolute atomic E-state index is 0.00334. The largest absolute Gasteiger partial charge is 0.416 e. The molecule has 2 aromatic heterocycles. The number of nitrogens with one attached hydrogen (secondary N) is 1. The normalized spacial score (nSPS) is 15.5. The zero-order valence-corrected chi connectivity index (χ0v) is 15.3. The zero-order chi connectivity index (χ0) is 19.9. The Kier molecular flexibility index (Phi) is 4.58. The predicted molar refractivity (Wildman–Crippen MR) is 97.0 cm³/mol. The van der Waals surface area contributed by atoms with Gasteiger partial charge in [0.1, 0.15) is 5.69 Å². The van der Waals surface area contributed by atoms with Crippen LogP contribution in [0.5, 0.6) is 0 Å². The average molecular weight is 408 g/mol. The lowest BCUT2D eigenvalue weighted by atomic mass is 10.1.